The lowest BCUT2D eigenvalue weighted by Gasteiger charge is -2.14. The van der Waals surface area contributed by atoms with Crippen LogP contribution in [0.3, 0.4) is 0 Å². The van der Waals surface area contributed by atoms with Crippen LogP contribution < -0.4 is 5.19 Å². The second-order valence-electron chi connectivity index (χ2n) is 5.09. The molecule has 0 aliphatic carbocycles. The Morgan fingerprint density at radius 2 is 1.80 bits per heavy atom. The summed E-state index contributed by atoms with van der Waals surface area (Å²) in [6, 6.07) is 8.85. The van der Waals surface area contributed by atoms with Crippen molar-refractivity contribution in [2.75, 3.05) is 0 Å². The molecule has 78 valence electrons. The van der Waals surface area contributed by atoms with Gasteiger partial charge in [0.25, 0.3) is 0 Å². The number of hydrogen-bond acceptors (Lipinski definition) is 0. The summed E-state index contributed by atoms with van der Waals surface area (Å²) >= 11 is 0. The fraction of sp³-hybridized carbons (Fsp3) is 0.286. The normalized spacial score (nSPS) is 16.9. The average molecular weight is 214 g/mol. The molecule has 0 amide bonds. The Morgan fingerprint density at radius 1 is 1.13 bits per heavy atom. The largest absolute Gasteiger partial charge is 0.105 e. The van der Waals surface area contributed by atoms with Gasteiger partial charge in [-0.15, -0.1) is 0 Å². The van der Waals surface area contributed by atoms with Gasteiger partial charge in [-0.05, 0) is 30.2 Å². The maximum Gasteiger partial charge on any atom is 0.105 e. The molecule has 1 heterocycles. The summed E-state index contributed by atoms with van der Waals surface area (Å²) in [6.07, 6.45) is 2.31. The minimum atomic E-state index is -1.30. The van der Waals surface area contributed by atoms with Crippen LogP contribution in [0.5, 0.6) is 0 Å². The highest BCUT2D eigenvalue weighted by atomic mass is 28.3. The van der Waals surface area contributed by atoms with Gasteiger partial charge in [0.2, 0.25) is 0 Å². The molecule has 0 radical (unpaired) electrons. The molecule has 0 aromatic heterocycles. The van der Waals surface area contributed by atoms with Crippen molar-refractivity contribution >= 4 is 18.8 Å². The number of hydrogen-bond donors (Lipinski definition) is 0. The van der Waals surface area contributed by atoms with Crippen LogP contribution in [0.4, 0.5) is 0 Å². The van der Waals surface area contributed by atoms with Crippen molar-refractivity contribution in [3.63, 3.8) is 0 Å². The van der Waals surface area contributed by atoms with Crippen molar-refractivity contribution in [3.05, 3.63) is 47.2 Å². The Kier molecular flexibility index (Phi) is 2.43. The van der Waals surface area contributed by atoms with E-state index in [0.717, 1.165) is 0 Å². The van der Waals surface area contributed by atoms with Gasteiger partial charge in [0.05, 0.1) is 0 Å². The molecule has 0 fully saturated rings. The van der Waals surface area contributed by atoms with E-state index in [2.05, 4.69) is 63.0 Å². The van der Waals surface area contributed by atoms with Gasteiger partial charge in [0, 0.05) is 0 Å². The van der Waals surface area contributed by atoms with Crippen LogP contribution in [0.1, 0.15) is 19.4 Å². The molecule has 2 rings (SSSR count). The third kappa shape index (κ3) is 1.84. The molecule has 0 saturated carbocycles. The van der Waals surface area contributed by atoms with Gasteiger partial charge in [-0.3, -0.25) is 0 Å². The second kappa shape index (κ2) is 3.49. The molecule has 1 aliphatic heterocycles. The van der Waals surface area contributed by atoms with E-state index in [-0.39, 0.29) is 0 Å². The Labute approximate surface area is 93.3 Å². The van der Waals surface area contributed by atoms with Gasteiger partial charge in [-0.1, -0.05) is 54.7 Å². The molecule has 15 heavy (non-hydrogen) atoms. The van der Waals surface area contributed by atoms with Crippen molar-refractivity contribution in [1.82, 2.24) is 0 Å². The smallest absolute Gasteiger partial charge is 0.0824 e. The van der Waals surface area contributed by atoms with Crippen LogP contribution in [-0.4, -0.2) is 8.07 Å². The first-order valence-corrected chi connectivity index (χ1v) is 8.56. The summed E-state index contributed by atoms with van der Waals surface area (Å²) < 4.78 is 0. The molecule has 1 heteroatoms. The van der Waals surface area contributed by atoms with E-state index in [4.69, 9.17) is 0 Å². The molecular weight excluding hydrogens is 196 g/mol. The number of benzene rings is 1. The Morgan fingerprint density at radius 3 is 2.47 bits per heavy atom. The van der Waals surface area contributed by atoms with E-state index in [9.17, 15) is 0 Å². The quantitative estimate of drug-likeness (QED) is 0.628. The SMILES string of the molecule is CC(C)=CC1=C[Si](C)(C)c2ccccc21. The third-order valence-electron chi connectivity index (χ3n) is 2.89. The molecule has 0 spiro atoms. The fourth-order valence-electron chi connectivity index (χ4n) is 2.27. The van der Waals surface area contributed by atoms with E-state index in [1.807, 2.05) is 0 Å². The third-order valence-corrected chi connectivity index (χ3v) is 5.75. The summed E-state index contributed by atoms with van der Waals surface area (Å²) in [5.41, 5.74) is 6.77. The summed E-state index contributed by atoms with van der Waals surface area (Å²) in [6.45, 7) is 9.15. The van der Waals surface area contributed by atoms with E-state index < -0.39 is 8.07 Å². The highest BCUT2D eigenvalue weighted by molar-refractivity contribution is 6.96. The van der Waals surface area contributed by atoms with E-state index in [1.54, 1.807) is 5.19 Å². The van der Waals surface area contributed by atoms with Crippen molar-refractivity contribution in [1.29, 1.82) is 0 Å². The Balaban J connectivity index is 2.58. The van der Waals surface area contributed by atoms with Crippen LogP contribution in [-0.2, 0) is 0 Å². The first kappa shape index (κ1) is 10.4. The van der Waals surface area contributed by atoms with Crippen molar-refractivity contribution in [2.45, 2.75) is 26.9 Å². The first-order valence-electron chi connectivity index (χ1n) is 5.48. The second-order valence-corrected chi connectivity index (χ2v) is 9.36. The number of rotatable bonds is 1. The summed E-state index contributed by atoms with van der Waals surface area (Å²) in [5.74, 6) is 0. The van der Waals surface area contributed by atoms with E-state index in [1.165, 1.54) is 16.7 Å². The predicted octanol–water partition coefficient (Wildman–Crippen LogP) is 3.50. The molecule has 0 N–H and O–H groups in total. The van der Waals surface area contributed by atoms with Gasteiger partial charge in [-0.25, -0.2) is 0 Å². The molecule has 1 aliphatic rings. The van der Waals surface area contributed by atoms with Gasteiger partial charge in [-0.2, -0.15) is 0 Å². The molecule has 0 atom stereocenters. The van der Waals surface area contributed by atoms with Crippen LogP contribution in [0.15, 0.2) is 41.6 Å². The summed E-state index contributed by atoms with van der Waals surface area (Å²) in [7, 11) is -1.30. The lowest BCUT2D eigenvalue weighted by Crippen LogP contribution is -2.37. The average Bonchev–Trinajstić information content (AvgIpc) is 2.39. The standard InChI is InChI=1S/C14H18Si/c1-11(2)9-12-10-15(3,4)14-8-6-5-7-13(12)14/h5-10H,1-4H3. The zero-order chi connectivity index (χ0) is 11.1. The number of allylic oxidation sites excluding steroid dienone is 3. The van der Waals surface area contributed by atoms with Gasteiger partial charge >= 0.3 is 0 Å². The zero-order valence-electron chi connectivity index (χ0n) is 9.96. The highest BCUT2D eigenvalue weighted by Crippen LogP contribution is 2.27. The maximum absolute atomic E-state index is 2.50. The predicted molar refractivity (Wildman–Crippen MR) is 71.0 cm³/mol. The monoisotopic (exact) mass is 214 g/mol. The van der Waals surface area contributed by atoms with Crippen molar-refractivity contribution in [2.24, 2.45) is 0 Å². The van der Waals surface area contributed by atoms with Gasteiger partial charge in [0.15, 0.2) is 0 Å². The maximum atomic E-state index is 2.50. The molecule has 1 aromatic rings. The van der Waals surface area contributed by atoms with Gasteiger partial charge in [0.1, 0.15) is 8.07 Å². The highest BCUT2D eigenvalue weighted by Gasteiger charge is 2.30. The Hall–Kier alpha value is -1.08. The molecule has 0 unspecified atom stereocenters. The topological polar surface area (TPSA) is 0 Å². The van der Waals surface area contributed by atoms with Gasteiger partial charge < -0.3 is 0 Å². The van der Waals surface area contributed by atoms with Crippen molar-refractivity contribution in [3.8, 4) is 0 Å². The van der Waals surface area contributed by atoms with E-state index in [0.29, 0.717) is 0 Å². The molecule has 1 aromatic carbocycles. The fourth-order valence-corrected chi connectivity index (χ4v) is 4.89. The van der Waals surface area contributed by atoms with Crippen LogP contribution in [0.2, 0.25) is 13.1 Å². The number of fused-ring (bicyclic) bond motifs is 1. The molecule has 0 bridgehead atoms. The summed E-state index contributed by atoms with van der Waals surface area (Å²) in [4.78, 5) is 0. The lowest BCUT2D eigenvalue weighted by molar-refractivity contribution is 1.40. The minimum absolute atomic E-state index is 1.30. The lowest BCUT2D eigenvalue weighted by atomic mass is 10.1. The molecular formula is C14H18Si. The van der Waals surface area contributed by atoms with Crippen molar-refractivity contribution < 1.29 is 0 Å². The minimum Gasteiger partial charge on any atom is -0.0824 e. The van der Waals surface area contributed by atoms with Crippen LogP contribution >= 0.6 is 0 Å². The van der Waals surface area contributed by atoms with Crippen LogP contribution in [0, 0.1) is 0 Å². The summed E-state index contributed by atoms with van der Waals surface area (Å²) in [5, 5.41) is 1.58. The Bertz CT molecular complexity index is 446. The van der Waals surface area contributed by atoms with Crippen LogP contribution in [0.25, 0.3) is 5.57 Å². The molecule has 0 saturated heterocycles. The zero-order valence-corrected chi connectivity index (χ0v) is 11.0. The first-order chi connectivity index (χ1) is 7.00. The van der Waals surface area contributed by atoms with E-state index >= 15 is 0 Å². The molecule has 0 nitrogen and oxygen atoms in total.